The molecule has 0 heterocycles. The predicted molar refractivity (Wildman–Crippen MR) is 103 cm³/mol. The Balaban J connectivity index is 1.67. The van der Waals surface area contributed by atoms with Crippen LogP contribution in [-0.2, 0) is 11.2 Å². The van der Waals surface area contributed by atoms with E-state index < -0.39 is 0 Å². The van der Waals surface area contributed by atoms with Gasteiger partial charge in [-0.1, -0.05) is 65.3 Å². The van der Waals surface area contributed by atoms with Gasteiger partial charge >= 0.3 is 0 Å². The average Bonchev–Trinajstić information content (AvgIpc) is 2.61. The van der Waals surface area contributed by atoms with E-state index in [4.69, 9.17) is 0 Å². The highest BCUT2D eigenvalue weighted by Gasteiger charge is 2.10. The molecule has 2 N–H and O–H groups in total. The van der Waals surface area contributed by atoms with Crippen LogP contribution in [0.25, 0.3) is 0 Å². The van der Waals surface area contributed by atoms with Crippen molar-refractivity contribution in [2.75, 3.05) is 13.1 Å². The van der Waals surface area contributed by atoms with Crippen molar-refractivity contribution in [1.82, 2.24) is 10.6 Å². The third kappa shape index (κ3) is 6.46. The van der Waals surface area contributed by atoms with Gasteiger partial charge in [0, 0.05) is 17.1 Å². The van der Waals surface area contributed by atoms with Gasteiger partial charge in [0.05, 0.1) is 6.54 Å². The third-order valence-corrected chi connectivity index (χ3v) is 4.53. The minimum atomic E-state index is 0.0543. The standard InChI is InChI=1S/C20H25BrN2O/c1-2-19(17-10-12-18(21)13-11-17)23-15-20(24)22-14-6-9-16-7-4-3-5-8-16/h3-5,7-8,10-13,19,23H,2,6,9,14-15H2,1H3,(H,22,24)/t19-/m0/s1. The summed E-state index contributed by atoms with van der Waals surface area (Å²) in [7, 11) is 0. The summed E-state index contributed by atoms with van der Waals surface area (Å²) in [6.45, 7) is 3.18. The van der Waals surface area contributed by atoms with Crippen molar-refractivity contribution in [2.45, 2.75) is 32.2 Å². The van der Waals surface area contributed by atoms with E-state index in [1.165, 1.54) is 11.1 Å². The summed E-state index contributed by atoms with van der Waals surface area (Å²) in [4.78, 5) is 12.0. The molecule has 0 bridgehead atoms. The van der Waals surface area contributed by atoms with Gasteiger partial charge < -0.3 is 10.6 Å². The van der Waals surface area contributed by atoms with E-state index in [0.29, 0.717) is 13.1 Å². The van der Waals surface area contributed by atoms with Crippen LogP contribution in [0.3, 0.4) is 0 Å². The summed E-state index contributed by atoms with van der Waals surface area (Å²) in [6.07, 6.45) is 2.90. The molecule has 0 aliphatic heterocycles. The number of hydrogen-bond donors (Lipinski definition) is 2. The van der Waals surface area contributed by atoms with Crippen molar-refractivity contribution in [3.05, 3.63) is 70.2 Å². The number of carbonyl (C=O) groups excluding carboxylic acids is 1. The number of benzene rings is 2. The van der Waals surface area contributed by atoms with Crippen molar-refractivity contribution < 1.29 is 4.79 Å². The Morgan fingerprint density at radius 3 is 2.46 bits per heavy atom. The first-order valence-corrected chi connectivity index (χ1v) is 9.28. The monoisotopic (exact) mass is 388 g/mol. The normalized spacial score (nSPS) is 11.9. The van der Waals surface area contributed by atoms with Crippen LogP contribution in [0, 0.1) is 0 Å². The van der Waals surface area contributed by atoms with Gasteiger partial charge in [-0.3, -0.25) is 4.79 Å². The number of nitrogens with one attached hydrogen (secondary N) is 2. The van der Waals surface area contributed by atoms with Gasteiger partial charge in [0.25, 0.3) is 0 Å². The molecule has 3 nitrogen and oxygen atoms in total. The first kappa shape index (κ1) is 18.7. The molecule has 1 amide bonds. The Kier molecular flexibility index (Phi) is 7.99. The largest absolute Gasteiger partial charge is 0.355 e. The van der Waals surface area contributed by atoms with Gasteiger partial charge in [-0.05, 0) is 42.5 Å². The summed E-state index contributed by atoms with van der Waals surface area (Å²) in [5, 5.41) is 6.32. The minimum Gasteiger partial charge on any atom is -0.355 e. The summed E-state index contributed by atoms with van der Waals surface area (Å²) >= 11 is 3.45. The molecule has 0 fully saturated rings. The number of carbonyl (C=O) groups is 1. The fraction of sp³-hybridized carbons (Fsp3) is 0.350. The quantitative estimate of drug-likeness (QED) is 0.630. The Morgan fingerprint density at radius 1 is 1.08 bits per heavy atom. The van der Waals surface area contributed by atoms with Crippen LogP contribution >= 0.6 is 15.9 Å². The zero-order valence-corrected chi connectivity index (χ0v) is 15.7. The summed E-state index contributed by atoms with van der Waals surface area (Å²) in [5.74, 6) is 0.0543. The summed E-state index contributed by atoms with van der Waals surface area (Å²) in [5.41, 5.74) is 2.52. The maximum atomic E-state index is 12.0. The Hall–Kier alpha value is -1.65. The highest BCUT2D eigenvalue weighted by Crippen LogP contribution is 2.19. The van der Waals surface area contributed by atoms with Crippen molar-refractivity contribution in [2.24, 2.45) is 0 Å². The lowest BCUT2D eigenvalue weighted by molar-refractivity contribution is -0.120. The Labute approximate surface area is 153 Å². The summed E-state index contributed by atoms with van der Waals surface area (Å²) in [6, 6.07) is 18.8. The van der Waals surface area contributed by atoms with Gasteiger partial charge in [0.1, 0.15) is 0 Å². The fourth-order valence-electron chi connectivity index (χ4n) is 2.64. The zero-order chi connectivity index (χ0) is 17.2. The van der Waals surface area contributed by atoms with E-state index >= 15 is 0 Å². The molecular weight excluding hydrogens is 364 g/mol. The van der Waals surface area contributed by atoms with Gasteiger partial charge in [0.15, 0.2) is 0 Å². The van der Waals surface area contributed by atoms with Crippen LogP contribution in [0.15, 0.2) is 59.1 Å². The highest BCUT2D eigenvalue weighted by atomic mass is 79.9. The molecule has 0 saturated carbocycles. The minimum absolute atomic E-state index is 0.0543. The molecule has 2 aromatic carbocycles. The SMILES string of the molecule is CC[C@H](NCC(=O)NCCCc1ccccc1)c1ccc(Br)cc1. The van der Waals surface area contributed by atoms with Gasteiger partial charge in [-0.15, -0.1) is 0 Å². The first-order chi connectivity index (χ1) is 11.7. The van der Waals surface area contributed by atoms with E-state index in [9.17, 15) is 4.79 Å². The highest BCUT2D eigenvalue weighted by molar-refractivity contribution is 9.10. The number of aryl methyl sites for hydroxylation is 1. The second kappa shape index (κ2) is 10.3. The maximum Gasteiger partial charge on any atom is 0.233 e. The van der Waals surface area contributed by atoms with Crippen LogP contribution in [0.2, 0.25) is 0 Å². The van der Waals surface area contributed by atoms with Crippen LogP contribution in [-0.4, -0.2) is 19.0 Å². The van der Waals surface area contributed by atoms with Gasteiger partial charge in [-0.2, -0.15) is 0 Å². The first-order valence-electron chi connectivity index (χ1n) is 8.48. The second-order valence-electron chi connectivity index (χ2n) is 5.83. The molecule has 0 radical (unpaired) electrons. The van der Waals surface area contributed by atoms with E-state index in [1.807, 2.05) is 30.3 Å². The van der Waals surface area contributed by atoms with E-state index in [1.54, 1.807) is 0 Å². The predicted octanol–water partition coefficient (Wildman–Crippen LogP) is 4.24. The van der Waals surface area contributed by atoms with Gasteiger partial charge in [-0.25, -0.2) is 0 Å². The lowest BCUT2D eigenvalue weighted by Gasteiger charge is -2.17. The van der Waals surface area contributed by atoms with Gasteiger partial charge in [0.2, 0.25) is 5.91 Å². The molecule has 128 valence electrons. The van der Waals surface area contributed by atoms with E-state index in [-0.39, 0.29) is 11.9 Å². The molecule has 1 atom stereocenters. The number of rotatable bonds is 9. The van der Waals surface area contributed by atoms with Crippen LogP contribution in [0.5, 0.6) is 0 Å². The molecule has 2 aromatic rings. The molecule has 24 heavy (non-hydrogen) atoms. The summed E-state index contributed by atoms with van der Waals surface area (Å²) < 4.78 is 1.07. The molecule has 0 aromatic heterocycles. The van der Waals surface area contributed by atoms with Crippen LogP contribution < -0.4 is 10.6 Å². The van der Waals surface area contributed by atoms with Crippen molar-refractivity contribution in [3.63, 3.8) is 0 Å². The van der Waals surface area contributed by atoms with E-state index in [2.05, 4.69) is 57.8 Å². The van der Waals surface area contributed by atoms with Crippen molar-refractivity contribution in [1.29, 1.82) is 0 Å². The molecule has 4 heteroatoms. The second-order valence-corrected chi connectivity index (χ2v) is 6.75. The number of amides is 1. The van der Waals surface area contributed by atoms with Crippen LogP contribution in [0.4, 0.5) is 0 Å². The van der Waals surface area contributed by atoms with Crippen molar-refractivity contribution >= 4 is 21.8 Å². The zero-order valence-electron chi connectivity index (χ0n) is 14.1. The molecule has 0 aliphatic rings. The molecule has 0 spiro atoms. The molecular formula is C20H25BrN2O. The fourth-order valence-corrected chi connectivity index (χ4v) is 2.90. The molecule has 0 saturated heterocycles. The van der Waals surface area contributed by atoms with E-state index in [0.717, 1.165) is 23.7 Å². The number of halogens is 1. The lowest BCUT2D eigenvalue weighted by atomic mass is 10.0. The topological polar surface area (TPSA) is 41.1 Å². The average molecular weight is 389 g/mol. The smallest absolute Gasteiger partial charge is 0.233 e. The molecule has 2 rings (SSSR count). The Bertz CT molecular complexity index is 613. The maximum absolute atomic E-state index is 12.0. The molecule has 0 aliphatic carbocycles. The van der Waals surface area contributed by atoms with Crippen LogP contribution in [0.1, 0.15) is 36.9 Å². The lowest BCUT2D eigenvalue weighted by Crippen LogP contribution is -2.36. The number of hydrogen-bond acceptors (Lipinski definition) is 2. The van der Waals surface area contributed by atoms with Crippen molar-refractivity contribution in [3.8, 4) is 0 Å². The third-order valence-electron chi connectivity index (χ3n) is 4.00. The Morgan fingerprint density at radius 2 is 1.79 bits per heavy atom. The molecule has 0 unspecified atom stereocenters.